The van der Waals surface area contributed by atoms with Crippen molar-refractivity contribution in [3.63, 3.8) is 0 Å². The third kappa shape index (κ3) is 5.12. The summed E-state index contributed by atoms with van der Waals surface area (Å²) < 4.78 is 17.7. The molecule has 0 bridgehead atoms. The lowest BCUT2D eigenvalue weighted by Gasteiger charge is -2.27. The van der Waals surface area contributed by atoms with Crippen molar-refractivity contribution >= 4 is 16.9 Å². The van der Waals surface area contributed by atoms with Crippen LogP contribution in [0, 0.1) is 6.92 Å². The molecule has 7 heteroatoms. The van der Waals surface area contributed by atoms with E-state index in [4.69, 9.17) is 13.9 Å². The van der Waals surface area contributed by atoms with E-state index >= 15 is 0 Å². The number of hydrogen-bond donors (Lipinski definition) is 0. The van der Waals surface area contributed by atoms with Crippen LogP contribution in [0.15, 0.2) is 45.6 Å². The number of rotatable bonds is 11. The van der Waals surface area contributed by atoms with Crippen LogP contribution < -0.4 is 14.9 Å². The van der Waals surface area contributed by atoms with Crippen molar-refractivity contribution in [2.45, 2.75) is 45.6 Å². The number of amides is 1. The van der Waals surface area contributed by atoms with Gasteiger partial charge in [0, 0.05) is 13.1 Å². The summed E-state index contributed by atoms with van der Waals surface area (Å²) in [4.78, 5) is 31.0. The Kier molecular flexibility index (Phi) is 7.99. The van der Waals surface area contributed by atoms with Crippen molar-refractivity contribution < 1.29 is 18.7 Å². The second-order valence-electron chi connectivity index (χ2n) is 9.70. The van der Waals surface area contributed by atoms with E-state index in [9.17, 15) is 9.59 Å². The first-order valence-corrected chi connectivity index (χ1v) is 12.7. The Morgan fingerprint density at radius 3 is 2.56 bits per heavy atom. The first-order valence-electron chi connectivity index (χ1n) is 12.7. The number of unbranched alkanes of at least 4 members (excludes halogenated alkanes) is 3. The molecule has 0 radical (unpaired) electrons. The molecular weight excluding hydrogens is 456 g/mol. The van der Waals surface area contributed by atoms with Crippen molar-refractivity contribution in [1.82, 2.24) is 9.80 Å². The Morgan fingerprint density at radius 1 is 1.03 bits per heavy atom. The minimum Gasteiger partial charge on any atom is -0.493 e. The zero-order chi connectivity index (χ0) is 25.8. The summed E-state index contributed by atoms with van der Waals surface area (Å²) in [5, 5.41) is 0.486. The first kappa shape index (κ1) is 25.8. The molecule has 7 nitrogen and oxygen atoms in total. The van der Waals surface area contributed by atoms with E-state index in [1.165, 1.54) is 12.8 Å². The van der Waals surface area contributed by atoms with Crippen molar-refractivity contribution in [3.8, 4) is 11.5 Å². The van der Waals surface area contributed by atoms with Crippen LogP contribution in [0.5, 0.6) is 11.5 Å². The van der Waals surface area contributed by atoms with Gasteiger partial charge in [-0.25, -0.2) is 0 Å². The highest BCUT2D eigenvalue weighted by Gasteiger charge is 2.42. The monoisotopic (exact) mass is 492 g/mol. The molecule has 1 atom stereocenters. The quantitative estimate of drug-likeness (QED) is 0.344. The van der Waals surface area contributed by atoms with Gasteiger partial charge in [0.05, 0.1) is 30.7 Å². The zero-order valence-electron chi connectivity index (χ0n) is 21.9. The van der Waals surface area contributed by atoms with Crippen LogP contribution in [-0.4, -0.2) is 56.6 Å². The van der Waals surface area contributed by atoms with Crippen LogP contribution in [0.25, 0.3) is 11.0 Å². The SMILES string of the molecule is CCCCCCOc1ccc(C2c3c(oc4ccc(C)cc4c3=O)C(=O)N2CCN(C)C)cc1OC. The van der Waals surface area contributed by atoms with Crippen molar-refractivity contribution in [3.05, 3.63) is 69.1 Å². The Labute approximate surface area is 212 Å². The molecule has 4 rings (SSSR count). The van der Waals surface area contributed by atoms with Crippen molar-refractivity contribution in [2.75, 3.05) is 40.9 Å². The number of hydrogen-bond acceptors (Lipinski definition) is 6. The predicted molar refractivity (Wildman–Crippen MR) is 141 cm³/mol. The first-order chi connectivity index (χ1) is 17.3. The highest BCUT2D eigenvalue weighted by Crippen LogP contribution is 2.41. The topological polar surface area (TPSA) is 72.2 Å². The van der Waals surface area contributed by atoms with Crippen molar-refractivity contribution in [1.29, 1.82) is 0 Å². The maximum Gasteiger partial charge on any atom is 0.290 e. The van der Waals surface area contributed by atoms with Crippen molar-refractivity contribution in [2.24, 2.45) is 0 Å². The molecule has 192 valence electrons. The van der Waals surface area contributed by atoms with Gasteiger partial charge in [-0.05, 0) is 57.3 Å². The lowest BCUT2D eigenvalue weighted by molar-refractivity contribution is 0.0716. The molecule has 0 fully saturated rings. The summed E-state index contributed by atoms with van der Waals surface area (Å²) in [6, 6.07) is 10.5. The molecule has 2 aromatic carbocycles. The van der Waals surface area contributed by atoms with E-state index in [1.807, 2.05) is 56.3 Å². The van der Waals surface area contributed by atoms with Crippen LogP contribution in [0.2, 0.25) is 0 Å². The summed E-state index contributed by atoms with van der Waals surface area (Å²) in [7, 11) is 5.52. The van der Waals surface area contributed by atoms with Crippen LogP contribution >= 0.6 is 0 Å². The fourth-order valence-electron chi connectivity index (χ4n) is 4.70. The van der Waals surface area contributed by atoms with Crippen LogP contribution in [-0.2, 0) is 0 Å². The number of carbonyl (C=O) groups is 1. The van der Waals surface area contributed by atoms with Gasteiger partial charge < -0.3 is 23.7 Å². The molecule has 1 aromatic heterocycles. The highest BCUT2D eigenvalue weighted by atomic mass is 16.5. The number of nitrogens with zero attached hydrogens (tertiary/aromatic N) is 2. The summed E-state index contributed by atoms with van der Waals surface area (Å²) in [5.74, 6) is 1.09. The molecule has 0 aliphatic carbocycles. The second kappa shape index (κ2) is 11.2. The number of ether oxygens (including phenoxy) is 2. The highest BCUT2D eigenvalue weighted by molar-refractivity contribution is 5.99. The molecule has 3 aromatic rings. The number of fused-ring (bicyclic) bond motifs is 2. The zero-order valence-corrected chi connectivity index (χ0v) is 21.9. The van der Waals surface area contributed by atoms with Gasteiger partial charge >= 0.3 is 0 Å². The largest absolute Gasteiger partial charge is 0.493 e. The molecule has 0 saturated carbocycles. The maximum atomic E-state index is 13.7. The maximum absolute atomic E-state index is 13.7. The van der Waals surface area contributed by atoms with Gasteiger partial charge in [-0.15, -0.1) is 0 Å². The second-order valence-corrected chi connectivity index (χ2v) is 9.70. The van der Waals surface area contributed by atoms with E-state index in [0.717, 1.165) is 24.0 Å². The molecule has 1 aliphatic heterocycles. The van der Waals surface area contributed by atoms with Gasteiger partial charge in [0.25, 0.3) is 5.91 Å². The van der Waals surface area contributed by atoms with E-state index < -0.39 is 6.04 Å². The summed E-state index contributed by atoms with van der Waals surface area (Å²) >= 11 is 0. The standard InChI is InChI=1S/C29H36N2O5/c1-6-7-8-9-16-35-23-13-11-20(18-24(23)34-5)26-25-27(32)21-17-19(2)10-12-22(21)36-28(25)29(33)31(26)15-14-30(3)4/h10-13,17-18,26H,6-9,14-16H2,1-5H3. The molecule has 2 heterocycles. The third-order valence-corrected chi connectivity index (χ3v) is 6.67. The average Bonchev–Trinajstić information content (AvgIpc) is 3.14. The summed E-state index contributed by atoms with van der Waals surface area (Å²) in [6.45, 7) is 5.84. The molecule has 1 unspecified atom stereocenters. The van der Waals surface area contributed by atoms with Crippen LogP contribution in [0.4, 0.5) is 0 Å². The van der Waals surface area contributed by atoms with E-state index in [0.29, 0.717) is 47.7 Å². The fourth-order valence-corrected chi connectivity index (χ4v) is 4.70. The lowest BCUT2D eigenvalue weighted by Crippen LogP contribution is -2.35. The third-order valence-electron chi connectivity index (χ3n) is 6.67. The van der Waals surface area contributed by atoms with E-state index in [1.54, 1.807) is 18.1 Å². The summed E-state index contributed by atoms with van der Waals surface area (Å²) in [5.41, 5.74) is 2.39. The average molecular weight is 493 g/mol. The van der Waals surface area contributed by atoms with Crippen LogP contribution in [0.3, 0.4) is 0 Å². The fraction of sp³-hybridized carbons (Fsp3) is 0.448. The van der Waals surface area contributed by atoms with Crippen LogP contribution in [0.1, 0.15) is 65.9 Å². The minimum absolute atomic E-state index is 0.121. The molecule has 0 saturated heterocycles. The molecule has 36 heavy (non-hydrogen) atoms. The number of carbonyl (C=O) groups excluding carboxylic acids is 1. The molecule has 1 aliphatic rings. The Bertz CT molecular complexity index is 1300. The van der Waals surface area contributed by atoms with Gasteiger partial charge in [-0.1, -0.05) is 43.9 Å². The Hall–Kier alpha value is -3.32. The number of aryl methyl sites for hydroxylation is 1. The van der Waals surface area contributed by atoms with E-state index in [-0.39, 0.29) is 17.1 Å². The van der Waals surface area contributed by atoms with Gasteiger partial charge in [0.1, 0.15) is 5.58 Å². The Morgan fingerprint density at radius 2 is 1.83 bits per heavy atom. The van der Waals surface area contributed by atoms with Gasteiger partial charge in [0.15, 0.2) is 16.9 Å². The lowest BCUT2D eigenvalue weighted by atomic mass is 9.97. The normalized spacial score (nSPS) is 15.1. The predicted octanol–water partition coefficient (Wildman–Crippen LogP) is 5.18. The summed E-state index contributed by atoms with van der Waals surface area (Å²) in [6.07, 6.45) is 4.47. The molecule has 1 amide bonds. The number of benzene rings is 2. The Balaban J connectivity index is 1.76. The molecule has 0 spiro atoms. The smallest absolute Gasteiger partial charge is 0.290 e. The van der Waals surface area contributed by atoms with Gasteiger partial charge in [0.2, 0.25) is 5.76 Å². The minimum atomic E-state index is -0.568. The molecular formula is C29H36N2O5. The number of methoxy groups -OCH3 is 1. The van der Waals surface area contributed by atoms with E-state index in [2.05, 4.69) is 6.92 Å². The molecule has 0 N–H and O–H groups in total. The number of likely N-dealkylation sites (N-methyl/N-ethyl adjacent to an activating group) is 1. The van der Waals surface area contributed by atoms with Gasteiger partial charge in [-0.3, -0.25) is 9.59 Å². The van der Waals surface area contributed by atoms with Gasteiger partial charge in [-0.2, -0.15) is 0 Å².